The van der Waals surface area contributed by atoms with Crippen molar-refractivity contribution >= 4 is 22.8 Å². The highest BCUT2D eigenvalue weighted by Crippen LogP contribution is 2.28. The van der Waals surface area contributed by atoms with Gasteiger partial charge in [-0.3, -0.25) is 9.78 Å². The Balaban J connectivity index is 1.69. The van der Waals surface area contributed by atoms with Gasteiger partial charge in [0, 0.05) is 11.1 Å². The summed E-state index contributed by atoms with van der Waals surface area (Å²) in [4.78, 5) is 28.9. The number of nitriles is 1. The third-order valence-electron chi connectivity index (χ3n) is 4.45. The van der Waals surface area contributed by atoms with Crippen molar-refractivity contribution in [1.82, 2.24) is 10.3 Å². The van der Waals surface area contributed by atoms with E-state index in [1.807, 2.05) is 18.2 Å². The largest absolute Gasteiger partial charge is 0.452 e. The van der Waals surface area contributed by atoms with Crippen LogP contribution < -0.4 is 5.32 Å². The maximum atomic E-state index is 12.4. The van der Waals surface area contributed by atoms with Gasteiger partial charge in [0.15, 0.2) is 6.61 Å². The number of carbonyl (C=O) groups excluding carboxylic acids is 2. The third kappa shape index (κ3) is 3.61. The SMILES string of the molecule is Cc1cc(C(=O)OCC(=O)NC2(C#N)CCCC2)c2ccccc2n1. The van der Waals surface area contributed by atoms with Gasteiger partial charge in [0.1, 0.15) is 5.54 Å². The lowest BCUT2D eigenvalue weighted by molar-refractivity contribution is -0.125. The van der Waals surface area contributed by atoms with Crippen molar-refractivity contribution in [3.05, 3.63) is 41.6 Å². The molecule has 1 saturated carbocycles. The smallest absolute Gasteiger partial charge is 0.339 e. The number of benzene rings is 1. The molecule has 1 fully saturated rings. The van der Waals surface area contributed by atoms with Crippen molar-refractivity contribution in [3.8, 4) is 6.07 Å². The molecule has 1 aromatic carbocycles. The van der Waals surface area contributed by atoms with Gasteiger partial charge < -0.3 is 10.1 Å². The maximum absolute atomic E-state index is 12.4. The van der Waals surface area contributed by atoms with Crippen molar-refractivity contribution in [1.29, 1.82) is 5.26 Å². The number of rotatable bonds is 4. The van der Waals surface area contributed by atoms with Crippen molar-refractivity contribution in [2.45, 2.75) is 38.1 Å². The van der Waals surface area contributed by atoms with Crippen LogP contribution in [0.1, 0.15) is 41.7 Å². The fourth-order valence-corrected chi connectivity index (χ4v) is 3.23. The molecule has 0 saturated heterocycles. The molecule has 3 rings (SSSR count). The number of esters is 1. The van der Waals surface area contributed by atoms with Gasteiger partial charge in [0.25, 0.3) is 5.91 Å². The summed E-state index contributed by atoms with van der Waals surface area (Å²) in [6.45, 7) is 1.39. The summed E-state index contributed by atoms with van der Waals surface area (Å²) in [5.74, 6) is -1.03. The minimum atomic E-state index is -0.816. The summed E-state index contributed by atoms with van der Waals surface area (Å²) in [6, 6.07) is 11.1. The number of aromatic nitrogens is 1. The first-order valence-corrected chi connectivity index (χ1v) is 8.29. The topological polar surface area (TPSA) is 92.1 Å². The molecule has 0 bridgehead atoms. The van der Waals surface area contributed by atoms with Gasteiger partial charge >= 0.3 is 5.97 Å². The van der Waals surface area contributed by atoms with Crippen LogP contribution in [0, 0.1) is 18.3 Å². The molecule has 6 heteroatoms. The molecule has 1 amide bonds. The Labute approximate surface area is 145 Å². The number of hydrogen-bond acceptors (Lipinski definition) is 5. The summed E-state index contributed by atoms with van der Waals surface area (Å²) in [7, 11) is 0. The first-order valence-electron chi connectivity index (χ1n) is 8.29. The Kier molecular flexibility index (Phi) is 4.66. The molecule has 1 aromatic heterocycles. The average molecular weight is 337 g/mol. The number of carbonyl (C=O) groups is 2. The molecule has 1 aliphatic rings. The zero-order chi connectivity index (χ0) is 17.9. The Morgan fingerprint density at radius 1 is 1.32 bits per heavy atom. The van der Waals surface area contributed by atoms with Crippen LogP contribution in [0.15, 0.2) is 30.3 Å². The number of aryl methyl sites for hydroxylation is 1. The van der Waals surface area contributed by atoms with Gasteiger partial charge in [0.2, 0.25) is 0 Å². The van der Waals surface area contributed by atoms with Gasteiger partial charge in [-0.2, -0.15) is 5.26 Å². The second-order valence-electron chi connectivity index (χ2n) is 6.35. The number of ether oxygens (including phenoxy) is 1. The molecule has 0 radical (unpaired) electrons. The van der Waals surface area contributed by atoms with E-state index in [-0.39, 0.29) is 0 Å². The Hall–Kier alpha value is -2.94. The Morgan fingerprint density at radius 3 is 2.76 bits per heavy atom. The minimum absolute atomic E-state index is 0.381. The molecular formula is C19H19N3O3. The first-order chi connectivity index (χ1) is 12.0. The molecule has 6 nitrogen and oxygen atoms in total. The molecule has 0 atom stereocenters. The van der Waals surface area contributed by atoms with E-state index >= 15 is 0 Å². The second kappa shape index (κ2) is 6.89. The molecule has 25 heavy (non-hydrogen) atoms. The highest BCUT2D eigenvalue weighted by Gasteiger charge is 2.35. The van der Waals surface area contributed by atoms with Gasteiger partial charge in [-0.1, -0.05) is 18.2 Å². The normalized spacial score (nSPS) is 15.5. The van der Waals surface area contributed by atoms with E-state index in [0.29, 0.717) is 35.0 Å². The first kappa shape index (κ1) is 16.9. The zero-order valence-electron chi connectivity index (χ0n) is 14.0. The van der Waals surface area contributed by atoms with Crippen molar-refractivity contribution < 1.29 is 14.3 Å². The summed E-state index contributed by atoms with van der Waals surface area (Å²) >= 11 is 0. The number of nitrogens with one attached hydrogen (secondary N) is 1. The predicted octanol–water partition coefficient (Wildman–Crippen LogP) is 2.65. The van der Waals surface area contributed by atoms with Gasteiger partial charge in [-0.15, -0.1) is 0 Å². The number of para-hydroxylation sites is 1. The number of pyridine rings is 1. The molecule has 2 aromatic rings. The molecule has 128 valence electrons. The van der Waals surface area contributed by atoms with Crippen LogP contribution in [0.2, 0.25) is 0 Å². The molecule has 1 N–H and O–H groups in total. The van der Waals surface area contributed by atoms with E-state index in [0.717, 1.165) is 12.8 Å². The molecule has 1 aliphatic carbocycles. The molecular weight excluding hydrogens is 318 g/mol. The lowest BCUT2D eigenvalue weighted by Crippen LogP contribution is -2.46. The van der Waals surface area contributed by atoms with Crippen LogP contribution >= 0.6 is 0 Å². The summed E-state index contributed by atoms with van der Waals surface area (Å²) in [6.07, 6.45) is 3.10. The van der Waals surface area contributed by atoms with Crippen LogP contribution in [0.25, 0.3) is 10.9 Å². The summed E-state index contributed by atoms with van der Waals surface area (Å²) in [5, 5.41) is 12.7. The molecule has 0 aliphatic heterocycles. The van der Waals surface area contributed by atoms with E-state index in [2.05, 4.69) is 16.4 Å². The average Bonchev–Trinajstić information content (AvgIpc) is 3.08. The van der Waals surface area contributed by atoms with Gasteiger partial charge in [-0.05, 0) is 44.7 Å². The standard InChI is InChI=1S/C19H19N3O3/c1-13-10-15(14-6-2-3-7-16(14)21-13)18(24)25-11-17(23)22-19(12-20)8-4-5-9-19/h2-3,6-7,10H,4-5,8-9,11H2,1H3,(H,22,23). The molecule has 0 spiro atoms. The van der Waals surface area contributed by atoms with Crippen LogP contribution in [-0.4, -0.2) is 29.0 Å². The Bertz CT molecular complexity index is 864. The monoisotopic (exact) mass is 337 g/mol. The molecule has 1 heterocycles. The van der Waals surface area contributed by atoms with Crippen molar-refractivity contribution in [3.63, 3.8) is 0 Å². The number of amides is 1. The van der Waals surface area contributed by atoms with Crippen LogP contribution in [0.4, 0.5) is 0 Å². The quantitative estimate of drug-likeness (QED) is 0.866. The third-order valence-corrected chi connectivity index (χ3v) is 4.45. The van der Waals surface area contributed by atoms with Crippen LogP contribution in [0.3, 0.4) is 0 Å². The van der Waals surface area contributed by atoms with Gasteiger partial charge in [-0.25, -0.2) is 4.79 Å². The van der Waals surface area contributed by atoms with Crippen molar-refractivity contribution in [2.24, 2.45) is 0 Å². The fourth-order valence-electron chi connectivity index (χ4n) is 3.23. The highest BCUT2D eigenvalue weighted by atomic mass is 16.5. The lowest BCUT2D eigenvalue weighted by Gasteiger charge is -2.21. The van der Waals surface area contributed by atoms with E-state index in [9.17, 15) is 14.9 Å². The maximum Gasteiger partial charge on any atom is 0.339 e. The highest BCUT2D eigenvalue weighted by molar-refractivity contribution is 6.04. The summed E-state index contributed by atoms with van der Waals surface area (Å²) in [5.41, 5.74) is 0.966. The minimum Gasteiger partial charge on any atom is -0.452 e. The molecule has 0 unspecified atom stereocenters. The van der Waals surface area contributed by atoms with E-state index < -0.39 is 24.0 Å². The number of fused-ring (bicyclic) bond motifs is 1. The number of hydrogen-bond donors (Lipinski definition) is 1. The van der Waals surface area contributed by atoms with E-state index in [1.54, 1.807) is 19.1 Å². The fraction of sp³-hybridized carbons (Fsp3) is 0.368. The van der Waals surface area contributed by atoms with Crippen LogP contribution in [0.5, 0.6) is 0 Å². The Morgan fingerprint density at radius 2 is 2.04 bits per heavy atom. The van der Waals surface area contributed by atoms with Gasteiger partial charge in [0.05, 0.1) is 17.1 Å². The zero-order valence-corrected chi connectivity index (χ0v) is 14.0. The lowest BCUT2D eigenvalue weighted by atomic mass is 10.00. The van der Waals surface area contributed by atoms with E-state index in [1.165, 1.54) is 0 Å². The van der Waals surface area contributed by atoms with Crippen LogP contribution in [-0.2, 0) is 9.53 Å². The summed E-state index contributed by atoms with van der Waals surface area (Å²) < 4.78 is 5.16. The van der Waals surface area contributed by atoms with Crippen molar-refractivity contribution in [2.75, 3.05) is 6.61 Å². The second-order valence-corrected chi connectivity index (χ2v) is 6.35. The number of nitrogens with zero attached hydrogens (tertiary/aromatic N) is 2. The van der Waals surface area contributed by atoms with E-state index in [4.69, 9.17) is 4.74 Å². The predicted molar refractivity (Wildman–Crippen MR) is 91.7 cm³/mol.